The van der Waals surface area contributed by atoms with Crippen molar-refractivity contribution < 1.29 is 59.9 Å². The van der Waals surface area contributed by atoms with Crippen molar-refractivity contribution in [2.24, 2.45) is 72.7 Å². The van der Waals surface area contributed by atoms with Crippen LogP contribution in [0.15, 0.2) is 24.2 Å². The summed E-state index contributed by atoms with van der Waals surface area (Å²) in [7, 11) is 0. The number of ether oxygens (including phenoxy) is 2. The van der Waals surface area contributed by atoms with Crippen molar-refractivity contribution in [3.8, 4) is 0 Å². The van der Waals surface area contributed by atoms with Crippen molar-refractivity contribution >= 4 is 11.9 Å². The number of hydrogen-bond donors (Lipinski definition) is 11. The molecular weight excluding hydrogens is 885 g/mol. The summed E-state index contributed by atoms with van der Waals surface area (Å²) in [6.45, 7) is 8.28. The van der Waals surface area contributed by atoms with Crippen LogP contribution in [0, 0.1) is 67.0 Å². The van der Waals surface area contributed by atoms with Crippen LogP contribution in [0.1, 0.15) is 155 Å². The number of nitrogens with zero attached hydrogens (tertiary/aromatic N) is 1. The molecule has 1 aromatic heterocycles. The number of aliphatic carboxylic acids is 1. The lowest BCUT2D eigenvalue weighted by molar-refractivity contribution is -0.359. The minimum atomic E-state index is -1.63. The number of carboxylic acids is 1. The summed E-state index contributed by atoms with van der Waals surface area (Å²) in [5.74, 6) is -2.33. The number of nitrogens with one attached hydrogen (secondary N) is 2. The molecule has 20 unspecified atom stereocenters. The Bertz CT molecular complexity index is 2140. The Morgan fingerprint density at radius 1 is 0.913 bits per heavy atom. The highest BCUT2D eigenvalue weighted by atomic mass is 16.7. The molecule has 20 atom stereocenters. The molecule has 386 valence electrons. The third-order valence-electron chi connectivity index (χ3n) is 23.0. The lowest BCUT2D eigenvalue weighted by Crippen LogP contribution is -2.77. The number of carboxylic acid groups (broad SMARTS) is 1. The first-order valence-corrected chi connectivity index (χ1v) is 26.6. The fourth-order valence-corrected chi connectivity index (χ4v) is 19.3. The molecule has 69 heavy (non-hydrogen) atoms. The van der Waals surface area contributed by atoms with Gasteiger partial charge in [0.05, 0.1) is 42.6 Å². The van der Waals surface area contributed by atoms with E-state index in [-0.39, 0.29) is 66.7 Å². The van der Waals surface area contributed by atoms with Crippen molar-refractivity contribution in [1.82, 2.24) is 15.3 Å². The highest BCUT2D eigenvalue weighted by Gasteiger charge is 2.80. The Balaban J connectivity index is 1.15. The smallest absolute Gasteiger partial charge is 0.310 e. The zero-order valence-corrected chi connectivity index (χ0v) is 41.3. The van der Waals surface area contributed by atoms with E-state index in [1.165, 1.54) is 5.57 Å². The number of rotatable bonds is 12. The Hall–Kier alpha value is -2.51. The fraction of sp³-hybridized carbons (Fsp3) is 0.868. The number of allylic oxidation sites excluding steroid dienone is 2. The Kier molecular flexibility index (Phi) is 12.5. The molecule has 6 saturated carbocycles. The van der Waals surface area contributed by atoms with Crippen LogP contribution in [-0.4, -0.2) is 132 Å². The van der Waals surface area contributed by atoms with Gasteiger partial charge in [-0.1, -0.05) is 58.6 Å². The van der Waals surface area contributed by atoms with Crippen LogP contribution in [0.5, 0.6) is 0 Å². The SMILES string of the molecule is CC1(CO)CCC2(C(=O)O)CCC34CCCC5(CC=C3C2C1)C1(C)C(CC2C(C(CCC(N)O)c3cnc[nH]3)NC(=O)C23CCCC3)C(O)C(OC2OCC(O)C(O)C2O)C(C)(CO)C1CCC45C. The van der Waals surface area contributed by atoms with E-state index in [0.717, 1.165) is 50.6 Å². The van der Waals surface area contributed by atoms with Gasteiger partial charge in [0, 0.05) is 35.9 Å². The van der Waals surface area contributed by atoms with Crippen LogP contribution in [0.3, 0.4) is 0 Å². The fourth-order valence-electron chi connectivity index (χ4n) is 19.3. The van der Waals surface area contributed by atoms with Crippen molar-refractivity contribution in [3.63, 3.8) is 0 Å². The Morgan fingerprint density at radius 2 is 1.65 bits per heavy atom. The van der Waals surface area contributed by atoms with E-state index in [1.807, 2.05) is 6.92 Å². The summed E-state index contributed by atoms with van der Waals surface area (Å²) in [5, 5.41) is 94.3. The number of amides is 1. The summed E-state index contributed by atoms with van der Waals surface area (Å²) >= 11 is 0. The van der Waals surface area contributed by atoms with Gasteiger partial charge in [-0.05, 0) is 147 Å². The van der Waals surface area contributed by atoms with E-state index in [1.54, 1.807) is 12.5 Å². The molecule has 2 spiro atoms. The van der Waals surface area contributed by atoms with Gasteiger partial charge in [0.15, 0.2) is 6.29 Å². The summed E-state index contributed by atoms with van der Waals surface area (Å²) in [5.41, 5.74) is 3.09. The van der Waals surface area contributed by atoms with Gasteiger partial charge in [0.1, 0.15) is 24.5 Å². The normalized spacial score (nSPS) is 49.7. The number of fused-ring (bicyclic) bond motifs is 3. The van der Waals surface area contributed by atoms with Crippen molar-refractivity contribution in [3.05, 3.63) is 29.9 Å². The van der Waals surface area contributed by atoms with Crippen LogP contribution in [0.2, 0.25) is 0 Å². The molecule has 2 bridgehead atoms. The summed E-state index contributed by atoms with van der Waals surface area (Å²) in [6.07, 6.45) is 8.70. The zero-order valence-electron chi connectivity index (χ0n) is 41.3. The number of aromatic nitrogens is 2. The zero-order chi connectivity index (χ0) is 49.3. The molecule has 16 heteroatoms. The molecule has 1 amide bonds. The largest absolute Gasteiger partial charge is 0.481 e. The third kappa shape index (κ3) is 6.77. The van der Waals surface area contributed by atoms with E-state index >= 15 is 0 Å². The number of aliphatic hydroxyl groups is 7. The maximum absolute atomic E-state index is 14.9. The average Bonchev–Trinajstić information content (AvgIpc) is 4.09. The minimum Gasteiger partial charge on any atom is -0.481 e. The molecule has 2 aliphatic heterocycles. The second kappa shape index (κ2) is 17.3. The van der Waals surface area contributed by atoms with E-state index in [4.69, 9.17) is 15.2 Å². The Labute approximate surface area is 406 Å². The number of aromatic amines is 1. The first-order chi connectivity index (χ1) is 32.7. The lowest BCUT2D eigenvalue weighted by atomic mass is 9.24. The highest BCUT2D eigenvalue weighted by Crippen LogP contribution is 2.85. The van der Waals surface area contributed by atoms with E-state index in [9.17, 15) is 50.4 Å². The van der Waals surface area contributed by atoms with Crippen LogP contribution in [0.25, 0.3) is 0 Å². The first-order valence-electron chi connectivity index (χ1n) is 26.6. The number of H-pyrrole nitrogens is 1. The number of carbonyl (C=O) groups is 2. The van der Waals surface area contributed by atoms with Crippen LogP contribution < -0.4 is 11.1 Å². The summed E-state index contributed by atoms with van der Waals surface area (Å²) in [6, 6.07) is -0.410. The minimum absolute atomic E-state index is 0.000491. The molecule has 3 heterocycles. The summed E-state index contributed by atoms with van der Waals surface area (Å²) < 4.78 is 12.7. The number of hydrogen-bond acceptors (Lipinski definition) is 13. The van der Waals surface area contributed by atoms with Gasteiger partial charge in [0.2, 0.25) is 5.91 Å². The third-order valence-corrected chi connectivity index (χ3v) is 23.0. The van der Waals surface area contributed by atoms with Crippen LogP contribution in [-0.2, 0) is 19.1 Å². The van der Waals surface area contributed by atoms with Gasteiger partial charge in [-0.15, -0.1) is 0 Å². The van der Waals surface area contributed by atoms with Crippen molar-refractivity contribution in [2.75, 3.05) is 19.8 Å². The molecular formula is C53H82N4O12. The average molecular weight is 967 g/mol. The van der Waals surface area contributed by atoms with Gasteiger partial charge in [-0.2, -0.15) is 0 Å². The predicted octanol–water partition coefficient (Wildman–Crippen LogP) is 4.00. The molecule has 8 fully saturated rings. The molecule has 2 saturated heterocycles. The maximum Gasteiger partial charge on any atom is 0.310 e. The highest BCUT2D eigenvalue weighted by molar-refractivity contribution is 5.86. The van der Waals surface area contributed by atoms with Crippen LogP contribution >= 0.6 is 0 Å². The molecule has 0 radical (unpaired) electrons. The lowest BCUT2D eigenvalue weighted by Gasteiger charge is -2.80. The van der Waals surface area contributed by atoms with E-state index in [2.05, 4.69) is 42.1 Å². The summed E-state index contributed by atoms with van der Waals surface area (Å²) in [4.78, 5) is 36.2. The molecule has 1 aromatic rings. The van der Waals surface area contributed by atoms with Gasteiger partial charge < -0.3 is 66.4 Å². The molecule has 16 nitrogen and oxygen atoms in total. The quantitative estimate of drug-likeness (QED) is 0.0803. The second-order valence-corrected chi connectivity index (χ2v) is 25.3. The first kappa shape index (κ1) is 50.0. The van der Waals surface area contributed by atoms with Gasteiger partial charge in [0.25, 0.3) is 0 Å². The standard InChI is InChI=1S/C53H82N4O12/c1-46(26-58)18-19-51(45(66)67)20-21-52-14-7-15-53(17-10-30(52)33(51)23-46)48(52,3)16-11-36-47(2,27-59)42(69-43-41(64)40(63)35(60)25-68-43)39(62)32(49(36,53)4)22-31-38(57-44(65)50(31)12-5-6-13-50)29(8-9-37(54)61)34-24-55-28-56-34/h10,24,28-29,31-33,35-43,58-64H,5-9,11-23,25-27,54H2,1-4H3,(H,55,56)(H,57,65)(H,66,67). The van der Waals surface area contributed by atoms with Crippen molar-refractivity contribution in [2.45, 2.75) is 198 Å². The van der Waals surface area contributed by atoms with E-state index in [0.29, 0.717) is 64.2 Å². The monoisotopic (exact) mass is 967 g/mol. The van der Waals surface area contributed by atoms with Gasteiger partial charge in [-0.3, -0.25) is 9.59 Å². The molecule has 10 rings (SSSR count). The van der Waals surface area contributed by atoms with Crippen LogP contribution in [0.4, 0.5) is 0 Å². The molecule has 9 aliphatic rings. The number of carbonyl (C=O) groups excluding carboxylic acids is 1. The Morgan fingerprint density at radius 3 is 2.32 bits per heavy atom. The molecule has 0 aromatic carbocycles. The number of nitrogens with two attached hydrogens (primary N) is 1. The number of imidazole rings is 1. The van der Waals surface area contributed by atoms with E-state index < -0.39 is 93.5 Å². The number of aliphatic hydroxyl groups excluding tert-OH is 7. The maximum atomic E-state index is 14.9. The van der Waals surface area contributed by atoms with Gasteiger partial charge >= 0.3 is 5.97 Å². The predicted molar refractivity (Wildman–Crippen MR) is 251 cm³/mol. The van der Waals surface area contributed by atoms with Crippen molar-refractivity contribution in [1.29, 1.82) is 0 Å². The topological polar surface area (TPSA) is 281 Å². The molecule has 12 N–H and O–H groups in total. The van der Waals surface area contributed by atoms with Gasteiger partial charge in [-0.25, -0.2) is 4.98 Å². The molecule has 7 aliphatic carbocycles. The second-order valence-electron chi connectivity index (χ2n) is 25.3.